The molecule has 21 heavy (non-hydrogen) atoms. The first-order chi connectivity index (χ1) is 10.0. The van der Waals surface area contributed by atoms with Crippen LogP contribution >= 0.6 is 0 Å². The predicted octanol–water partition coefficient (Wildman–Crippen LogP) is 2.33. The van der Waals surface area contributed by atoms with Crippen LogP contribution < -0.4 is 10.3 Å². The van der Waals surface area contributed by atoms with Crippen LogP contribution in [0.15, 0.2) is 70.4 Å². The molecule has 0 aliphatic carbocycles. The number of para-hydroxylation sites is 1. The van der Waals surface area contributed by atoms with Gasteiger partial charge in [0.25, 0.3) is 10.0 Å². The maximum atomic E-state index is 12.3. The lowest BCUT2D eigenvalue weighted by molar-refractivity contribution is 0.601. The van der Waals surface area contributed by atoms with Crippen LogP contribution in [0.1, 0.15) is 0 Å². The molecular formula is C15H12N2O3S. The van der Waals surface area contributed by atoms with E-state index in [1.807, 2.05) is 6.07 Å². The standard InChI is InChI=1S/C15H12N2O3S/c18-15-9-6-11-10-13(7-8-14(11)16-15)21(19,20)17-12-4-2-1-3-5-12/h1-10,17H,(H,16,18). The van der Waals surface area contributed by atoms with E-state index in [4.69, 9.17) is 0 Å². The highest BCUT2D eigenvalue weighted by atomic mass is 32.2. The molecule has 0 fully saturated rings. The summed E-state index contributed by atoms with van der Waals surface area (Å²) in [6, 6.07) is 16.2. The quantitative estimate of drug-likeness (QED) is 0.779. The van der Waals surface area contributed by atoms with Crippen LogP contribution in [0.25, 0.3) is 10.9 Å². The van der Waals surface area contributed by atoms with Crippen LogP contribution in [0.3, 0.4) is 0 Å². The molecule has 1 aromatic heterocycles. The highest BCUT2D eigenvalue weighted by Crippen LogP contribution is 2.19. The van der Waals surface area contributed by atoms with Gasteiger partial charge in [-0.05, 0) is 41.8 Å². The van der Waals surface area contributed by atoms with Crippen molar-refractivity contribution >= 4 is 26.6 Å². The molecule has 0 radical (unpaired) electrons. The van der Waals surface area contributed by atoms with Crippen LogP contribution in [-0.2, 0) is 10.0 Å². The molecule has 0 spiro atoms. The highest BCUT2D eigenvalue weighted by molar-refractivity contribution is 7.92. The van der Waals surface area contributed by atoms with Crippen LogP contribution in [-0.4, -0.2) is 13.4 Å². The Kier molecular flexibility index (Phi) is 3.23. The molecule has 0 saturated heterocycles. The lowest BCUT2D eigenvalue weighted by Gasteiger charge is -2.08. The summed E-state index contributed by atoms with van der Waals surface area (Å²) in [4.78, 5) is 14.0. The van der Waals surface area contributed by atoms with Gasteiger partial charge in [-0.3, -0.25) is 9.52 Å². The number of sulfonamides is 1. The molecule has 3 rings (SSSR count). The van der Waals surface area contributed by atoms with E-state index in [1.54, 1.807) is 36.4 Å². The van der Waals surface area contributed by atoms with Gasteiger partial charge in [0.2, 0.25) is 5.56 Å². The SMILES string of the molecule is O=c1ccc2cc(S(=O)(=O)Nc3ccccc3)ccc2[nH]1. The smallest absolute Gasteiger partial charge is 0.261 e. The van der Waals surface area contributed by atoms with Gasteiger partial charge >= 0.3 is 0 Å². The Morgan fingerprint density at radius 3 is 2.43 bits per heavy atom. The van der Waals surface area contributed by atoms with Crippen LogP contribution in [0.4, 0.5) is 5.69 Å². The molecule has 0 bridgehead atoms. The van der Waals surface area contributed by atoms with Crippen molar-refractivity contribution in [3.05, 3.63) is 71.0 Å². The molecule has 0 atom stereocenters. The Morgan fingerprint density at radius 1 is 0.905 bits per heavy atom. The molecule has 106 valence electrons. The average Bonchev–Trinajstić information content (AvgIpc) is 2.47. The summed E-state index contributed by atoms with van der Waals surface area (Å²) in [5.41, 5.74) is 0.876. The number of aromatic amines is 1. The van der Waals surface area contributed by atoms with E-state index in [0.717, 1.165) is 0 Å². The number of rotatable bonds is 3. The van der Waals surface area contributed by atoms with Gasteiger partial charge in [-0.15, -0.1) is 0 Å². The zero-order valence-corrected chi connectivity index (χ0v) is 11.7. The average molecular weight is 300 g/mol. The second kappa shape index (κ2) is 5.06. The summed E-state index contributed by atoms with van der Waals surface area (Å²) in [7, 11) is -3.66. The molecule has 1 heterocycles. The highest BCUT2D eigenvalue weighted by Gasteiger charge is 2.14. The summed E-state index contributed by atoms with van der Waals surface area (Å²) in [6.07, 6.45) is 0. The van der Waals surface area contributed by atoms with Gasteiger partial charge in [0.1, 0.15) is 0 Å². The number of H-pyrrole nitrogens is 1. The normalized spacial score (nSPS) is 11.4. The topological polar surface area (TPSA) is 79.0 Å². The molecular weight excluding hydrogens is 288 g/mol. The molecule has 2 N–H and O–H groups in total. The van der Waals surface area contributed by atoms with Crippen molar-refractivity contribution in [2.24, 2.45) is 0 Å². The zero-order chi connectivity index (χ0) is 14.9. The maximum Gasteiger partial charge on any atom is 0.261 e. The maximum absolute atomic E-state index is 12.3. The Morgan fingerprint density at radius 2 is 1.67 bits per heavy atom. The van der Waals surface area contributed by atoms with E-state index in [9.17, 15) is 13.2 Å². The van der Waals surface area contributed by atoms with Crippen molar-refractivity contribution in [3.63, 3.8) is 0 Å². The first-order valence-corrected chi connectivity index (χ1v) is 7.74. The number of pyridine rings is 1. The summed E-state index contributed by atoms with van der Waals surface area (Å²) in [6.45, 7) is 0. The van der Waals surface area contributed by atoms with Crippen LogP contribution in [0, 0.1) is 0 Å². The molecule has 3 aromatic rings. The molecule has 0 aliphatic heterocycles. The first-order valence-electron chi connectivity index (χ1n) is 6.26. The zero-order valence-electron chi connectivity index (χ0n) is 10.9. The Bertz CT molecular complexity index is 947. The van der Waals surface area contributed by atoms with Crippen LogP contribution in [0.5, 0.6) is 0 Å². The Balaban J connectivity index is 2.03. The van der Waals surface area contributed by atoms with E-state index in [1.165, 1.54) is 18.2 Å². The molecule has 2 aromatic carbocycles. The van der Waals surface area contributed by atoms with Crippen molar-refractivity contribution in [1.82, 2.24) is 4.98 Å². The third-order valence-electron chi connectivity index (χ3n) is 3.03. The van der Waals surface area contributed by atoms with Gasteiger partial charge in [-0.2, -0.15) is 0 Å². The van der Waals surface area contributed by atoms with Gasteiger partial charge in [-0.25, -0.2) is 8.42 Å². The molecule has 0 amide bonds. The molecule has 5 nitrogen and oxygen atoms in total. The lowest BCUT2D eigenvalue weighted by atomic mass is 10.2. The van der Waals surface area contributed by atoms with Gasteiger partial charge in [0, 0.05) is 17.3 Å². The summed E-state index contributed by atoms with van der Waals surface area (Å²) in [5.74, 6) is 0. The van der Waals surface area contributed by atoms with Crippen molar-refractivity contribution in [3.8, 4) is 0 Å². The minimum atomic E-state index is -3.66. The lowest BCUT2D eigenvalue weighted by Crippen LogP contribution is -2.13. The summed E-state index contributed by atoms with van der Waals surface area (Å²) in [5, 5.41) is 0.658. The fraction of sp³-hybridized carbons (Fsp3) is 0. The van der Waals surface area contributed by atoms with Crippen molar-refractivity contribution in [2.45, 2.75) is 4.90 Å². The number of fused-ring (bicyclic) bond motifs is 1. The summed E-state index contributed by atoms with van der Waals surface area (Å²) >= 11 is 0. The van der Waals surface area contributed by atoms with Crippen LogP contribution in [0.2, 0.25) is 0 Å². The van der Waals surface area contributed by atoms with Gasteiger partial charge in [0.05, 0.1) is 4.90 Å². The first kappa shape index (κ1) is 13.4. The fourth-order valence-corrected chi connectivity index (χ4v) is 3.11. The van der Waals surface area contributed by atoms with E-state index in [0.29, 0.717) is 16.6 Å². The molecule has 0 saturated carbocycles. The number of anilines is 1. The second-order valence-electron chi connectivity index (χ2n) is 4.54. The third kappa shape index (κ3) is 2.80. The third-order valence-corrected chi connectivity index (χ3v) is 4.41. The van der Waals surface area contributed by atoms with Gasteiger partial charge < -0.3 is 4.98 Å². The van der Waals surface area contributed by atoms with E-state index in [-0.39, 0.29) is 10.5 Å². The van der Waals surface area contributed by atoms with Gasteiger partial charge in [-0.1, -0.05) is 18.2 Å². The largest absolute Gasteiger partial charge is 0.322 e. The Labute approximate surface area is 121 Å². The fourth-order valence-electron chi connectivity index (χ4n) is 2.02. The monoisotopic (exact) mass is 300 g/mol. The second-order valence-corrected chi connectivity index (χ2v) is 6.23. The van der Waals surface area contributed by atoms with Crippen molar-refractivity contribution in [2.75, 3.05) is 4.72 Å². The minimum absolute atomic E-state index is 0.144. The van der Waals surface area contributed by atoms with Crippen molar-refractivity contribution < 1.29 is 8.42 Å². The van der Waals surface area contributed by atoms with E-state index >= 15 is 0 Å². The number of nitrogens with one attached hydrogen (secondary N) is 2. The Hall–Kier alpha value is -2.60. The van der Waals surface area contributed by atoms with Gasteiger partial charge in [0.15, 0.2) is 0 Å². The number of aromatic nitrogens is 1. The summed E-state index contributed by atoms with van der Waals surface area (Å²) < 4.78 is 27.2. The van der Waals surface area contributed by atoms with E-state index in [2.05, 4.69) is 9.71 Å². The number of hydrogen-bond donors (Lipinski definition) is 2. The molecule has 0 unspecified atom stereocenters. The minimum Gasteiger partial charge on any atom is -0.322 e. The predicted molar refractivity (Wildman–Crippen MR) is 81.8 cm³/mol. The molecule has 0 aliphatic rings. The van der Waals surface area contributed by atoms with E-state index < -0.39 is 10.0 Å². The molecule has 6 heteroatoms. The number of hydrogen-bond acceptors (Lipinski definition) is 3. The van der Waals surface area contributed by atoms with Crippen molar-refractivity contribution in [1.29, 1.82) is 0 Å². The number of benzene rings is 2.